The van der Waals surface area contributed by atoms with Gasteiger partial charge in [0.2, 0.25) is 5.88 Å². The molecule has 1 aromatic rings. The van der Waals surface area contributed by atoms with E-state index in [1.165, 1.54) is 12.8 Å². The van der Waals surface area contributed by atoms with Crippen molar-refractivity contribution in [3.8, 4) is 5.88 Å². The van der Waals surface area contributed by atoms with Gasteiger partial charge in [0, 0.05) is 39.0 Å². The Hall–Kier alpha value is -0.840. The molecule has 2 aliphatic heterocycles. The largest absolute Gasteiger partial charge is 0.476 e. The van der Waals surface area contributed by atoms with Crippen molar-refractivity contribution in [3.63, 3.8) is 0 Å². The second kappa shape index (κ2) is 13.5. The van der Waals surface area contributed by atoms with E-state index in [2.05, 4.69) is 20.2 Å². The number of likely N-dealkylation sites (tertiary alicyclic amines) is 1. The minimum atomic E-state index is 0. The van der Waals surface area contributed by atoms with E-state index in [0.717, 1.165) is 51.5 Å². The Morgan fingerprint density at radius 3 is 2.79 bits per heavy atom. The predicted octanol–water partition coefficient (Wildman–Crippen LogP) is 3.36. The summed E-state index contributed by atoms with van der Waals surface area (Å²) in [5.74, 6) is 1.47. The van der Waals surface area contributed by atoms with Gasteiger partial charge in [-0.25, -0.2) is 4.98 Å². The van der Waals surface area contributed by atoms with Gasteiger partial charge < -0.3 is 24.4 Å². The highest BCUT2D eigenvalue weighted by Crippen LogP contribution is 2.18. The number of ether oxygens (including phenoxy) is 3. The van der Waals surface area contributed by atoms with Gasteiger partial charge in [0.15, 0.2) is 5.96 Å². The molecular weight excluding hydrogens is 507 g/mol. The van der Waals surface area contributed by atoms with Crippen LogP contribution in [0.25, 0.3) is 0 Å². The molecule has 2 saturated heterocycles. The third kappa shape index (κ3) is 8.43. The summed E-state index contributed by atoms with van der Waals surface area (Å²) in [7, 11) is 1.81. The number of guanidine groups is 1. The van der Waals surface area contributed by atoms with Gasteiger partial charge in [-0.2, -0.15) is 0 Å². The van der Waals surface area contributed by atoms with Crippen molar-refractivity contribution in [2.24, 2.45) is 4.99 Å². The van der Waals surface area contributed by atoms with E-state index in [1.807, 2.05) is 7.05 Å². The molecule has 9 heteroatoms. The van der Waals surface area contributed by atoms with Crippen LogP contribution < -0.4 is 10.1 Å². The molecule has 1 atom stereocenters. The average molecular weight is 539 g/mol. The lowest BCUT2D eigenvalue weighted by Gasteiger charge is -2.35. The second-order valence-electron chi connectivity index (χ2n) is 7.15. The van der Waals surface area contributed by atoms with E-state index >= 15 is 0 Å². The zero-order chi connectivity index (χ0) is 19.6. The minimum Gasteiger partial charge on any atom is -0.476 e. The molecular formula is C20H32ClIN4O3. The lowest BCUT2D eigenvalue weighted by atomic mass is 10.1. The van der Waals surface area contributed by atoms with Gasteiger partial charge in [0.25, 0.3) is 0 Å². The first-order chi connectivity index (χ1) is 13.7. The van der Waals surface area contributed by atoms with Gasteiger partial charge >= 0.3 is 0 Å². The lowest BCUT2D eigenvalue weighted by molar-refractivity contribution is -0.0721. The molecule has 0 bridgehead atoms. The first-order valence-electron chi connectivity index (χ1n) is 10.2. The van der Waals surface area contributed by atoms with Crippen molar-refractivity contribution in [1.29, 1.82) is 0 Å². The standard InChI is InChI=1S/C20H31ClN4O3.HI/c1-22-20(23-9-13-27-19-6-5-16(21)14-24-19)25-10-7-17(8-11-25)28-15-18-4-2-3-12-26-18;/h5-6,14,17-18H,2-4,7-13,15H2,1H3,(H,22,23);1H. The smallest absolute Gasteiger partial charge is 0.213 e. The van der Waals surface area contributed by atoms with Crippen molar-refractivity contribution in [2.75, 3.05) is 46.5 Å². The van der Waals surface area contributed by atoms with E-state index in [-0.39, 0.29) is 30.1 Å². The molecule has 2 fully saturated rings. The number of hydrogen-bond acceptors (Lipinski definition) is 5. The lowest BCUT2D eigenvalue weighted by Crippen LogP contribution is -2.48. The Labute approximate surface area is 195 Å². The SMILES string of the molecule is CN=C(NCCOc1ccc(Cl)cn1)N1CCC(OCC2CCCCO2)CC1.I. The molecule has 2 aliphatic rings. The molecule has 0 radical (unpaired) electrons. The fraction of sp³-hybridized carbons (Fsp3) is 0.700. The van der Waals surface area contributed by atoms with Crippen molar-refractivity contribution >= 4 is 41.5 Å². The summed E-state index contributed by atoms with van der Waals surface area (Å²) >= 11 is 5.82. The molecule has 3 rings (SSSR count). The number of aromatic nitrogens is 1. The maximum absolute atomic E-state index is 6.09. The van der Waals surface area contributed by atoms with Gasteiger partial charge in [0.05, 0.1) is 30.4 Å². The molecule has 0 aliphatic carbocycles. The summed E-state index contributed by atoms with van der Waals surface area (Å²) in [6.45, 7) is 4.66. The number of rotatable bonds is 7. The van der Waals surface area contributed by atoms with Crippen LogP contribution >= 0.6 is 35.6 Å². The number of aliphatic imine (C=N–C) groups is 1. The number of halogens is 2. The summed E-state index contributed by atoms with van der Waals surface area (Å²) in [6, 6.07) is 3.53. The molecule has 1 aromatic heterocycles. The van der Waals surface area contributed by atoms with E-state index in [1.54, 1.807) is 18.3 Å². The van der Waals surface area contributed by atoms with E-state index in [4.69, 9.17) is 25.8 Å². The Bertz CT molecular complexity index is 606. The fourth-order valence-corrected chi connectivity index (χ4v) is 3.63. The van der Waals surface area contributed by atoms with Crippen LogP contribution in [-0.4, -0.2) is 74.6 Å². The normalized spacial score (nSPS) is 20.8. The summed E-state index contributed by atoms with van der Waals surface area (Å²) < 4.78 is 17.5. The van der Waals surface area contributed by atoms with Crippen molar-refractivity contribution in [3.05, 3.63) is 23.4 Å². The maximum Gasteiger partial charge on any atom is 0.213 e. The number of nitrogens with zero attached hydrogens (tertiary/aromatic N) is 3. The molecule has 0 amide bonds. The van der Waals surface area contributed by atoms with Crippen LogP contribution in [0.5, 0.6) is 5.88 Å². The van der Waals surface area contributed by atoms with Gasteiger partial charge in [-0.3, -0.25) is 4.99 Å². The van der Waals surface area contributed by atoms with E-state index < -0.39 is 0 Å². The van der Waals surface area contributed by atoms with E-state index in [0.29, 0.717) is 30.2 Å². The number of pyridine rings is 1. The predicted molar refractivity (Wildman–Crippen MR) is 126 cm³/mol. The van der Waals surface area contributed by atoms with Gasteiger partial charge in [0.1, 0.15) is 6.61 Å². The van der Waals surface area contributed by atoms with Crippen molar-refractivity contribution in [2.45, 2.75) is 44.3 Å². The molecule has 1 unspecified atom stereocenters. The molecule has 1 N–H and O–H groups in total. The Balaban J connectivity index is 0.00000300. The Morgan fingerprint density at radius 2 is 2.14 bits per heavy atom. The van der Waals surface area contributed by atoms with Crippen LogP contribution in [0.4, 0.5) is 0 Å². The second-order valence-corrected chi connectivity index (χ2v) is 7.58. The monoisotopic (exact) mass is 538 g/mol. The Kier molecular flexibility index (Phi) is 11.3. The fourth-order valence-electron chi connectivity index (χ4n) is 3.51. The molecule has 3 heterocycles. The van der Waals surface area contributed by atoms with Gasteiger partial charge in [-0.1, -0.05) is 11.6 Å². The van der Waals surface area contributed by atoms with Crippen LogP contribution in [0.15, 0.2) is 23.3 Å². The zero-order valence-corrected chi connectivity index (χ0v) is 20.1. The zero-order valence-electron chi connectivity index (χ0n) is 17.0. The number of piperidine rings is 1. The molecule has 29 heavy (non-hydrogen) atoms. The Morgan fingerprint density at radius 1 is 1.31 bits per heavy atom. The highest BCUT2D eigenvalue weighted by atomic mass is 127. The number of hydrogen-bond donors (Lipinski definition) is 1. The topological polar surface area (TPSA) is 68.2 Å². The quantitative estimate of drug-likeness (QED) is 0.249. The van der Waals surface area contributed by atoms with Crippen molar-refractivity contribution in [1.82, 2.24) is 15.2 Å². The average Bonchev–Trinajstić information content (AvgIpc) is 2.75. The molecule has 0 spiro atoms. The first kappa shape index (κ1) is 24.4. The summed E-state index contributed by atoms with van der Waals surface area (Å²) in [6.07, 6.45) is 7.78. The third-order valence-corrected chi connectivity index (χ3v) is 5.30. The third-order valence-electron chi connectivity index (χ3n) is 5.08. The van der Waals surface area contributed by atoms with E-state index in [9.17, 15) is 0 Å². The highest BCUT2D eigenvalue weighted by molar-refractivity contribution is 14.0. The van der Waals surface area contributed by atoms with Crippen LogP contribution in [0.3, 0.4) is 0 Å². The summed E-state index contributed by atoms with van der Waals surface area (Å²) in [5, 5.41) is 3.96. The minimum absolute atomic E-state index is 0. The van der Waals surface area contributed by atoms with Crippen LogP contribution in [-0.2, 0) is 9.47 Å². The van der Waals surface area contributed by atoms with Gasteiger partial charge in [-0.05, 0) is 38.2 Å². The van der Waals surface area contributed by atoms with Crippen LogP contribution in [0.1, 0.15) is 32.1 Å². The van der Waals surface area contributed by atoms with Crippen molar-refractivity contribution < 1.29 is 14.2 Å². The molecule has 7 nitrogen and oxygen atoms in total. The number of nitrogens with one attached hydrogen (secondary N) is 1. The van der Waals surface area contributed by atoms with Crippen LogP contribution in [0, 0.1) is 0 Å². The highest BCUT2D eigenvalue weighted by Gasteiger charge is 2.23. The first-order valence-corrected chi connectivity index (χ1v) is 10.6. The maximum atomic E-state index is 6.09. The molecule has 0 aromatic carbocycles. The summed E-state index contributed by atoms with van der Waals surface area (Å²) in [4.78, 5) is 10.8. The van der Waals surface area contributed by atoms with Crippen LogP contribution in [0.2, 0.25) is 5.02 Å². The van der Waals surface area contributed by atoms with Gasteiger partial charge in [-0.15, -0.1) is 24.0 Å². The molecule has 164 valence electrons. The molecule has 0 saturated carbocycles. The summed E-state index contributed by atoms with van der Waals surface area (Å²) in [5.41, 5.74) is 0.